The van der Waals surface area contributed by atoms with Gasteiger partial charge in [-0.3, -0.25) is 14.4 Å². The summed E-state index contributed by atoms with van der Waals surface area (Å²) in [5.41, 5.74) is 1.39. The third-order valence-corrected chi connectivity index (χ3v) is 10.3. The van der Waals surface area contributed by atoms with Crippen molar-refractivity contribution in [3.63, 3.8) is 0 Å². The van der Waals surface area contributed by atoms with Gasteiger partial charge in [0.2, 0.25) is 0 Å². The van der Waals surface area contributed by atoms with Crippen molar-refractivity contribution >= 4 is 23.8 Å². The van der Waals surface area contributed by atoms with Gasteiger partial charge in [-0.25, -0.2) is 4.99 Å². The van der Waals surface area contributed by atoms with Gasteiger partial charge in [0.05, 0.1) is 0 Å². The minimum absolute atomic E-state index is 0.0410. The molecule has 0 saturated heterocycles. The topological polar surface area (TPSA) is 141 Å². The average Bonchev–Trinajstić information content (AvgIpc) is 3.48. The number of ether oxygens (including phenoxy) is 4. The Balaban J connectivity index is 2.00. The van der Waals surface area contributed by atoms with Gasteiger partial charge in [0, 0.05) is 20.3 Å². The maximum absolute atomic E-state index is 13.3. The molecule has 0 spiro atoms. The van der Waals surface area contributed by atoms with Crippen molar-refractivity contribution in [2.24, 2.45) is 10.4 Å². The summed E-state index contributed by atoms with van der Waals surface area (Å²) in [6, 6.07) is 7.82. The van der Waals surface area contributed by atoms with Crippen LogP contribution in [0.15, 0.2) is 29.3 Å². The maximum Gasteiger partial charge on any atom is 0.306 e. The van der Waals surface area contributed by atoms with E-state index in [4.69, 9.17) is 23.9 Å². The highest BCUT2D eigenvalue weighted by molar-refractivity contribution is 5.86. The van der Waals surface area contributed by atoms with E-state index in [0.29, 0.717) is 18.6 Å². The number of hydrogen-bond acceptors (Lipinski definition) is 10. The normalized spacial score (nSPS) is 16.7. The predicted molar refractivity (Wildman–Crippen MR) is 216 cm³/mol. The fourth-order valence-electron chi connectivity index (χ4n) is 6.78. The molecule has 0 saturated carbocycles. The molecule has 3 rings (SSSR count). The number of nitrogens with zero attached hydrogens (tertiary/aromatic N) is 1. The van der Waals surface area contributed by atoms with Gasteiger partial charge in [-0.05, 0) is 74.3 Å². The number of carbonyl (C=O) groups is 3. The summed E-state index contributed by atoms with van der Waals surface area (Å²) in [7, 11) is 0. The summed E-state index contributed by atoms with van der Waals surface area (Å²) in [6.07, 6.45) is 1.25. The van der Waals surface area contributed by atoms with Crippen molar-refractivity contribution < 1.29 is 43.5 Å². The van der Waals surface area contributed by atoms with Crippen molar-refractivity contribution in [3.8, 4) is 11.5 Å². The molecule has 1 aliphatic heterocycles. The molecule has 0 aromatic heterocycles. The fourth-order valence-corrected chi connectivity index (χ4v) is 6.78. The van der Waals surface area contributed by atoms with Gasteiger partial charge >= 0.3 is 17.9 Å². The minimum atomic E-state index is -1.23. The van der Waals surface area contributed by atoms with E-state index in [0.717, 1.165) is 33.4 Å². The highest BCUT2D eigenvalue weighted by Gasteiger charge is 2.48. The summed E-state index contributed by atoms with van der Waals surface area (Å²) < 4.78 is 23.5. The standard InChI is InChI=1S/C45H67NO9/c1-16-45(26-54-36(49)18-17-30-19-32(40(4,5)6)37(50)33(20-30)41(7,8)9)27-55-39(46-45)44(24-52-28(2)47,25-53-29(3)48)23-31-21-34(42(10,11)12)38(51)35(22-31)43(13,14)15/h19-22,50-51H,16-18,23-27H2,1-15H3. The van der Waals surface area contributed by atoms with Gasteiger partial charge in [-0.1, -0.05) is 114 Å². The third kappa shape index (κ3) is 11.5. The second-order valence-electron chi connectivity index (χ2n) is 19.5. The van der Waals surface area contributed by atoms with Crippen LogP contribution in [0.25, 0.3) is 0 Å². The van der Waals surface area contributed by atoms with Gasteiger partial charge in [-0.2, -0.15) is 0 Å². The van der Waals surface area contributed by atoms with E-state index in [1.165, 1.54) is 13.8 Å². The van der Waals surface area contributed by atoms with Crippen molar-refractivity contribution in [1.29, 1.82) is 0 Å². The van der Waals surface area contributed by atoms with Crippen LogP contribution >= 0.6 is 0 Å². The van der Waals surface area contributed by atoms with Crippen LogP contribution < -0.4 is 0 Å². The first kappa shape index (κ1) is 45.3. The number of carbonyl (C=O) groups excluding carboxylic acids is 3. The van der Waals surface area contributed by atoms with Gasteiger partial charge in [0.1, 0.15) is 48.9 Å². The number of phenolic OH excluding ortho intramolecular Hbond substituents is 2. The summed E-state index contributed by atoms with van der Waals surface area (Å²) in [5.74, 6) is -0.668. The molecule has 0 aliphatic carbocycles. The monoisotopic (exact) mass is 765 g/mol. The first-order valence-electron chi connectivity index (χ1n) is 19.4. The highest BCUT2D eigenvalue weighted by atomic mass is 16.6. The minimum Gasteiger partial charge on any atom is -0.507 e. The summed E-state index contributed by atoms with van der Waals surface area (Å²) >= 11 is 0. The fraction of sp³-hybridized carbons (Fsp3) is 0.644. The Morgan fingerprint density at radius 1 is 0.691 bits per heavy atom. The molecule has 10 heteroatoms. The van der Waals surface area contributed by atoms with Gasteiger partial charge < -0.3 is 29.2 Å². The molecule has 2 aromatic rings. The predicted octanol–water partition coefficient (Wildman–Crippen LogP) is 8.70. The van der Waals surface area contributed by atoms with E-state index in [9.17, 15) is 24.6 Å². The Morgan fingerprint density at radius 3 is 1.45 bits per heavy atom. The number of phenols is 2. The molecule has 0 bridgehead atoms. The molecule has 55 heavy (non-hydrogen) atoms. The van der Waals surface area contributed by atoms with Crippen molar-refractivity contribution in [2.45, 2.75) is 157 Å². The van der Waals surface area contributed by atoms with Crippen LogP contribution in [0.5, 0.6) is 11.5 Å². The van der Waals surface area contributed by atoms with Gasteiger partial charge in [-0.15, -0.1) is 0 Å². The molecular formula is C45H67NO9. The molecule has 306 valence electrons. The molecule has 2 aromatic carbocycles. The molecule has 10 nitrogen and oxygen atoms in total. The molecule has 0 fully saturated rings. The lowest BCUT2D eigenvalue weighted by molar-refractivity contribution is -0.149. The van der Waals surface area contributed by atoms with Crippen LogP contribution in [-0.4, -0.2) is 66.0 Å². The summed E-state index contributed by atoms with van der Waals surface area (Å²) in [6.45, 7) is 28.7. The second-order valence-corrected chi connectivity index (χ2v) is 19.5. The van der Waals surface area contributed by atoms with Crippen molar-refractivity contribution in [3.05, 3.63) is 57.6 Å². The molecule has 1 atom stereocenters. The third-order valence-electron chi connectivity index (χ3n) is 10.3. The molecule has 1 heterocycles. The van der Waals surface area contributed by atoms with Crippen LogP contribution in [-0.2, 0) is 67.8 Å². The number of hydrogen-bond donors (Lipinski definition) is 2. The van der Waals surface area contributed by atoms with Gasteiger partial charge in [0.25, 0.3) is 0 Å². The molecule has 1 unspecified atom stereocenters. The molecule has 1 aliphatic rings. The Bertz CT molecular complexity index is 1670. The van der Waals surface area contributed by atoms with E-state index in [2.05, 4.69) is 41.5 Å². The van der Waals surface area contributed by atoms with Crippen LogP contribution in [0, 0.1) is 5.41 Å². The van der Waals surface area contributed by atoms with E-state index in [1.807, 2.05) is 72.7 Å². The molecule has 0 radical (unpaired) electrons. The zero-order chi connectivity index (χ0) is 41.9. The Morgan fingerprint density at radius 2 is 1.09 bits per heavy atom. The van der Waals surface area contributed by atoms with Crippen LogP contribution in [0.1, 0.15) is 150 Å². The van der Waals surface area contributed by atoms with E-state index < -0.39 is 39.7 Å². The lowest BCUT2D eigenvalue weighted by Gasteiger charge is -2.33. The number of aliphatic imine (C=N–C) groups is 1. The number of esters is 3. The van der Waals surface area contributed by atoms with Crippen molar-refractivity contribution in [1.82, 2.24) is 0 Å². The zero-order valence-corrected chi connectivity index (χ0v) is 36.2. The average molecular weight is 766 g/mol. The Labute approximate surface area is 329 Å². The molecular weight excluding hydrogens is 698 g/mol. The molecule has 2 N–H and O–H groups in total. The first-order chi connectivity index (χ1) is 25.0. The smallest absolute Gasteiger partial charge is 0.306 e. The number of aryl methyl sites for hydroxylation is 1. The Hall–Kier alpha value is -4.08. The quantitative estimate of drug-likeness (QED) is 0.151. The SMILES string of the molecule is CCC1(COC(=O)CCc2cc(C(C)(C)C)c(O)c(C(C)(C)C)c2)COC(C(COC(C)=O)(COC(C)=O)Cc2cc(C(C)(C)C)c(O)c(C(C)(C)C)c2)=N1. The number of aromatic hydroxyl groups is 2. The number of benzene rings is 2. The lowest BCUT2D eigenvalue weighted by Crippen LogP contribution is -2.44. The van der Waals surface area contributed by atoms with Crippen LogP contribution in [0.2, 0.25) is 0 Å². The van der Waals surface area contributed by atoms with Crippen LogP contribution in [0.4, 0.5) is 0 Å². The van der Waals surface area contributed by atoms with Crippen molar-refractivity contribution in [2.75, 3.05) is 26.4 Å². The van der Waals surface area contributed by atoms with E-state index in [-0.39, 0.29) is 61.7 Å². The Kier molecular flexibility index (Phi) is 13.6. The van der Waals surface area contributed by atoms with E-state index >= 15 is 0 Å². The van der Waals surface area contributed by atoms with Gasteiger partial charge in [0.15, 0.2) is 5.90 Å². The number of rotatable bonds is 13. The molecule has 0 amide bonds. The van der Waals surface area contributed by atoms with Crippen LogP contribution in [0.3, 0.4) is 0 Å². The largest absolute Gasteiger partial charge is 0.507 e. The lowest BCUT2D eigenvalue weighted by atomic mass is 9.75. The summed E-state index contributed by atoms with van der Waals surface area (Å²) in [4.78, 5) is 42.9. The zero-order valence-electron chi connectivity index (χ0n) is 36.2. The second kappa shape index (κ2) is 16.6. The maximum atomic E-state index is 13.3. The first-order valence-corrected chi connectivity index (χ1v) is 19.4. The van der Waals surface area contributed by atoms with E-state index in [1.54, 1.807) is 0 Å². The highest BCUT2D eigenvalue weighted by Crippen LogP contribution is 2.43. The summed E-state index contributed by atoms with van der Waals surface area (Å²) in [5, 5.41) is 22.5.